The van der Waals surface area contributed by atoms with Crippen LogP contribution in [0.2, 0.25) is 0 Å². The third-order valence-corrected chi connectivity index (χ3v) is 1.86. The Morgan fingerprint density at radius 3 is 2.55 bits per heavy atom. The lowest BCUT2D eigenvalue weighted by Gasteiger charge is -2.03. The lowest BCUT2D eigenvalue weighted by molar-refractivity contribution is 0.495. The van der Waals surface area contributed by atoms with E-state index in [1.165, 1.54) is 11.1 Å². The highest BCUT2D eigenvalue weighted by Crippen LogP contribution is 2.10. The molecule has 1 aromatic carbocycles. The van der Waals surface area contributed by atoms with Crippen LogP contribution in [0.4, 0.5) is 4.39 Å². The van der Waals surface area contributed by atoms with E-state index < -0.39 is 0 Å². The van der Waals surface area contributed by atoms with Crippen molar-refractivity contribution >= 4 is 0 Å². The minimum absolute atomic E-state index is 0.260. The maximum absolute atomic E-state index is 12.0. The molecule has 1 aromatic rings. The second-order valence-corrected chi connectivity index (χ2v) is 2.87. The van der Waals surface area contributed by atoms with Gasteiger partial charge >= 0.3 is 0 Å². The minimum Gasteiger partial charge on any atom is -0.251 e. The van der Waals surface area contributed by atoms with E-state index in [4.69, 9.17) is 0 Å². The largest absolute Gasteiger partial charge is 0.251 e. The third kappa shape index (κ3) is 2.04. The molecule has 0 unspecified atom stereocenters. The summed E-state index contributed by atoms with van der Waals surface area (Å²) in [5.41, 5.74) is 3.56. The summed E-state index contributed by atoms with van der Waals surface area (Å²) in [6, 6.07) is 6.12. The lowest BCUT2D eigenvalue weighted by Crippen LogP contribution is -1.91. The van der Waals surface area contributed by atoms with Crippen LogP contribution in [0, 0.1) is 13.8 Å². The van der Waals surface area contributed by atoms with Gasteiger partial charge in [0.25, 0.3) is 0 Å². The molecule has 0 fully saturated rings. The Bertz CT molecular complexity index is 241. The highest BCUT2D eigenvalue weighted by Gasteiger charge is 1.96. The highest BCUT2D eigenvalue weighted by molar-refractivity contribution is 5.30. The van der Waals surface area contributed by atoms with Crippen molar-refractivity contribution in [2.75, 3.05) is 6.67 Å². The van der Waals surface area contributed by atoms with E-state index in [0.29, 0.717) is 6.42 Å². The van der Waals surface area contributed by atoms with Gasteiger partial charge in [-0.3, -0.25) is 4.39 Å². The highest BCUT2D eigenvalue weighted by atomic mass is 19.1. The molecule has 0 saturated heterocycles. The first-order valence-electron chi connectivity index (χ1n) is 3.86. The molecule has 0 bridgehead atoms. The number of rotatable bonds is 2. The minimum atomic E-state index is -0.260. The molecule has 1 heteroatoms. The summed E-state index contributed by atoms with van der Waals surface area (Å²) in [5.74, 6) is 0. The molecule has 60 valence electrons. The first-order chi connectivity index (χ1) is 5.24. The SMILES string of the molecule is Cc1ccc(CCF)c(C)c1. The third-order valence-electron chi connectivity index (χ3n) is 1.86. The number of benzene rings is 1. The Hall–Kier alpha value is -0.850. The molecule has 0 amide bonds. The monoisotopic (exact) mass is 152 g/mol. The zero-order valence-electron chi connectivity index (χ0n) is 7.02. The Labute approximate surface area is 67.1 Å². The summed E-state index contributed by atoms with van der Waals surface area (Å²) in [5, 5.41) is 0. The summed E-state index contributed by atoms with van der Waals surface area (Å²) in [4.78, 5) is 0. The Morgan fingerprint density at radius 2 is 2.00 bits per heavy atom. The van der Waals surface area contributed by atoms with Gasteiger partial charge in [0.2, 0.25) is 0 Å². The molecule has 0 aromatic heterocycles. The van der Waals surface area contributed by atoms with Crippen molar-refractivity contribution in [3.63, 3.8) is 0 Å². The molecule has 0 radical (unpaired) electrons. The number of hydrogen-bond acceptors (Lipinski definition) is 0. The lowest BCUT2D eigenvalue weighted by atomic mass is 10.0. The second kappa shape index (κ2) is 3.51. The smallest absolute Gasteiger partial charge is 0.0934 e. The van der Waals surface area contributed by atoms with Crippen LogP contribution in [0.5, 0.6) is 0 Å². The zero-order valence-corrected chi connectivity index (χ0v) is 7.02. The molecule has 0 aliphatic heterocycles. The van der Waals surface area contributed by atoms with Crippen molar-refractivity contribution in [3.05, 3.63) is 34.9 Å². The van der Waals surface area contributed by atoms with Crippen molar-refractivity contribution in [2.24, 2.45) is 0 Å². The number of hydrogen-bond donors (Lipinski definition) is 0. The van der Waals surface area contributed by atoms with Crippen LogP contribution < -0.4 is 0 Å². The fourth-order valence-electron chi connectivity index (χ4n) is 1.23. The van der Waals surface area contributed by atoms with Crippen LogP contribution in [-0.2, 0) is 6.42 Å². The Kier molecular flexibility index (Phi) is 2.64. The summed E-state index contributed by atoms with van der Waals surface area (Å²) in [6.45, 7) is 3.81. The van der Waals surface area contributed by atoms with Crippen LogP contribution in [0.15, 0.2) is 18.2 Å². The summed E-state index contributed by atoms with van der Waals surface area (Å²) < 4.78 is 12.0. The number of aryl methyl sites for hydroxylation is 3. The molecule has 0 aliphatic rings. The maximum atomic E-state index is 12.0. The molecular weight excluding hydrogens is 139 g/mol. The first-order valence-corrected chi connectivity index (χ1v) is 3.86. The summed E-state index contributed by atoms with van der Waals surface area (Å²) in [7, 11) is 0. The molecule has 11 heavy (non-hydrogen) atoms. The van der Waals surface area contributed by atoms with E-state index in [1.54, 1.807) is 0 Å². The van der Waals surface area contributed by atoms with Gasteiger partial charge in [0.15, 0.2) is 0 Å². The van der Waals surface area contributed by atoms with Crippen LogP contribution in [-0.4, -0.2) is 6.67 Å². The summed E-state index contributed by atoms with van der Waals surface area (Å²) in [6.07, 6.45) is 0.548. The maximum Gasteiger partial charge on any atom is 0.0934 e. The van der Waals surface area contributed by atoms with Crippen molar-refractivity contribution in [1.82, 2.24) is 0 Å². The first kappa shape index (κ1) is 8.25. The molecule has 0 N–H and O–H groups in total. The number of alkyl halides is 1. The van der Waals surface area contributed by atoms with Crippen molar-refractivity contribution in [3.8, 4) is 0 Å². The molecule has 0 spiro atoms. The standard InChI is InChI=1S/C10H13F/c1-8-3-4-10(5-6-11)9(2)7-8/h3-4,7H,5-6H2,1-2H3. The van der Waals surface area contributed by atoms with Gasteiger partial charge in [-0.15, -0.1) is 0 Å². The van der Waals surface area contributed by atoms with Gasteiger partial charge < -0.3 is 0 Å². The average molecular weight is 152 g/mol. The average Bonchev–Trinajstić information content (AvgIpc) is 1.95. The topological polar surface area (TPSA) is 0 Å². The molecule has 1 rings (SSSR count). The molecule has 0 nitrogen and oxygen atoms in total. The van der Waals surface area contributed by atoms with E-state index in [-0.39, 0.29) is 6.67 Å². The van der Waals surface area contributed by atoms with Gasteiger partial charge in [0, 0.05) is 6.42 Å². The van der Waals surface area contributed by atoms with Crippen LogP contribution in [0.3, 0.4) is 0 Å². The Balaban J connectivity index is 2.90. The Morgan fingerprint density at radius 1 is 1.27 bits per heavy atom. The van der Waals surface area contributed by atoms with Gasteiger partial charge in [-0.2, -0.15) is 0 Å². The molecular formula is C10H13F. The van der Waals surface area contributed by atoms with Gasteiger partial charge in [0.1, 0.15) is 0 Å². The van der Waals surface area contributed by atoms with Crippen LogP contribution in [0.1, 0.15) is 16.7 Å². The van der Waals surface area contributed by atoms with E-state index in [9.17, 15) is 4.39 Å². The normalized spacial score (nSPS) is 10.1. The fraction of sp³-hybridized carbons (Fsp3) is 0.400. The van der Waals surface area contributed by atoms with E-state index >= 15 is 0 Å². The second-order valence-electron chi connectivity index (χ2n) is 2.87. The van der Waals surface area contributed by atoms with Gasteiger partial charge in [0.05, 0.1) is 6.67 Å². The predicted molar refractivity (Wildman–Crippen MR) is 45.6 cm³/mol. The van der Waals surface area contributed by atoms with Crippen LogP contribution in [0.25, 0.3) is 0 Å². The van der Waals surface area contributed by atoms with Gasteiger partial charge in [-0.05, 0) is 25.0 Å². The fourth-order valence-corrected chi connectivity index (χ4v) is 1.23. The van der Waals surface area contributed by atoms with Crippen molar-refractivity contribution < 1.29 is 4.39 Å². The van der Waals surface area contributed by atoms with E-state index in [0.717, 1.165) is 5.56 Å². The predicted octanol–water partition coefficient (Wildman–Crippen LogP) is 2.82. The van der Waals surface area contributed by atoms with Crippen LogP contribution >= 0.6 is 0 Å². The molecule has 0 atom stereocenters. The van der Waals surface area contributed by atoms with Gasteiger partial charge in [-0.25, -0.2) is 0 Å². The summed E-state index contributed by atoms with van der Waals surface area (Å²) >= 11 is 0. The van der Waals surface area contributed by atoms with E-state index in [2.05, 4.69) is 6.07 Å². The van der Waals surface area contributed by atoms with Gasteiger partial charge in [-0.1, -0.05) is 23.8 Å². The van der Waals surface area contributed by atoms with E-state index in [1.807, 2.05) is 26.0 Å². The number of halogens is 1. The quantitative estimate of drug-likeness (QED) is 0.611. The molecule has 0 heterocycles. The zero-order chi connectivity index (χ0) is 8.27. The molecule has 0 saturated carbocycles. The van der Waals surface area contributed by atoms with Crippen molar-refractivity contribution in [2.45, 2.75) is 20.3 Å². The van der Waals surface area contributed by atoms with Crippen molar-refractivity contribution in [1.29, 1.82) is 0 Å². The molecule has 0 aliphatic carbocycles.